The minimum Gasteiger partial charge on any atom is -0.790 e. The zero-order valence-electron chi connectivity index (χ0n) is 7.12. The van der Waals surface area contributed by atoms with Crippen LogP contribution in [0.15, 0.2) is 0 Å². The number of hydrogen-bond acceptors (Lipinski definition) is 11. The summed E-state index contributed by atoms with van der Waals surface area (Å²) in [5, 5.41) is 0. The summed E-state index contributed by atoms with van der Waals surface area (Å²) < 4.78 is 40.5. The first-order valence-corrected chi connectivity index (χ1v) is 7.51. The van der Waals surface area contributed by atoms with Gasteiger partial charge in [-0.05, 0) is 0 Å². The van der Waals surface area contributed by atoms with E-state index in [1.54, 1.807) is 0 Å². The van der Waals surface area contributed by atoms with Crippen LogP contribution in [-0.4, -0.2) is 12.9 Å². The minimum atomic E-state index is -5.98. The second-order valence-electron chi connectivity index (χ2n) is 1.97. The van der Waals surface area contributed by atoms with E-state index >= 15 is 0 Å². The van der Waals surface area contributed by atoms with Crippen molar-refractivity contribution in [3.05, 3.63) is 0 Å². The molecule has 0 saturated carbocycles. The van der Waals surface area contributed by atoms with Crippen molar-refractivity contribution in [3.63, 3.8) is 0 Å². The first-order chi connectivity index (χ1) is 6.97. The molecule has 0 aliphatic heterocycles. The molecule has 0 radical (unpaired) electrons. The quantitative estimate of drug-likeness (QED) is 0.343. The highest BCUT2D eigenvalue weighted by Crippen LogP contribution is 2.60. The predicted molar refractivity (Wildman–Crippen MR) is 37.0 cm³/mol. The number of phosphoric acid groups is 3. The second-order valence-corrected chi connectivity index (χ2v) is 6.22. The van der Waals surface area contributed by atoms with Gasteiger partial charge in [0.05, 0.1) is 7.82 Å². The fraction of sp³-hybridized carbons (Fsp3) is 0.500. The van der Waals surface area contributed by atoms with Crippen LogP contribution in [0.4, 0.5) is 0 Å². The van der Waals surface area contributed by atoms with E-state index in [-0.39, 0.29) is 6.29 Å². The number of carbonyl (C=O) groups is 1. The van der Waals surface area contributed by atoms with E-state index in [0.29, 0.717) is 0 Å². The lowest BCUT2D eigenvalue weighted by Crippen LogP contribution is -2.20. The number of aldehydes is 1. The van der Waals surface area contributed by atoms with Crippen molar-refractivity contribution >= 4 is 29.8 Å². The highest BCUT2D eigenvalue weighted by atomic mass is 31.3. The lowest BCUT2D eigenvalue weighted by molar-refractivity contribution is -0.339. The smallest absolute Gasteiger partial charge is 0.278 e. The fourth-order valence-corrected chi connectivity index (χ4v) is 3.18. The molecule has 0 aliphatic rings. The van der Waals surface area contributed by atoms with Crippen LogP contribution in [0.5, 0.6) is 0 Å². The van der Waals surface area contributed by atoms with Gasteiger partial charge in [-0.25, -0.2) is 4.31 Å². The van der Waals surface area contributed by atoms with E-state index in [1.807, 2.05) is 0 Å². The average Bonchev–Trinajstić information content (AvgIpc) is 1.93. The Kier molecular flexibility index (Phi) is 5.64. The Hall–Kier alpha value is 0.0800. The highest BCUT2D eigenvalue weighted by Gasteiger charge is 2.21. The van der Waals surface area contributed by atoms with Gasteiger partial charge >= 0.3 is 0 Å². The van der Waals surface area contributed by atoms with Gasteiger partial charge in [0.1, 0.15) is 12.9 Å². The Morgan fingerprint density at radius 3 is 1.81 bits per heavy atom. The van der Waals surface area contributed by atoms with E-state index in [1.165, 1.54) is 0 Å². The van der Waals surface area contributed by atoms with E-state index in [0.717, 1.165) is 0 Å². The molecule has 96 valence electrons. The van der Waals surface area contributed by atoms with Crippen molar-refractivity contribution in [2.45, 2.75) is 0 Å². The van der Waals surface area contributed by atoms with Gasteiger partial charge in [-0.3, -0.25) is 13.4 Å². The molecule has 0 heterocycles. The number of carbonyl (C=O) groups excluding carboxylic acids is 1. The third-order valence-electron chi connectivity index (χ3n) is 0.701. The third kappa shape index (κ3) is 8.26. The van der Waals surface area contributed by atoms with Crippen LogP contribution < -0.4 is 19.6 Å². The van der Waals surface area contributed by atoms with Crippen LogP contribution >= 0.6 is 23.5 Å². The van der Waals surface area contributed by atoms with Crippen LogP contribution in [0.2, 0.25) is 0 Å². The summed E-state index contributed by atoms with van der Waals surface area (Å²) in [6.07, 6.45) is -0.0451. The zero-order valence-corrected chi connectivity index (χ0v) is 9.80. The van der Waals surface area contributed by atoms with Gasteiger partial charge in [-0.15, -0.1) is 0 Å². The van der Waals surface area contributed by atoms with E-state index in [9.17, 15) is 38.1 Å². The van der Waals surface area contributed by atoms with Crippen molar-refractivity contribution in [2.24, 2.45) is 0 Å². The van der Waals surface area contributed by atoms with Crippen molar-refractivity contribution < 1.29 is 51.2 Å². The summed E-state index contributed by atoms with van der Waals surface area (Å²) in [5.74, 6) is 0. The van der Waals surface area contributed by atoms with E-state index < -0.39 is 30.1 Å². The molecule has 0 aromatic rings. The summed E-state index contributed by atoms with van der Waals surface area (Å²) in [6.45, 7) is -1.05. The first kappa shape index (κ1) is 16.1. The molecule has 0 saturated heterocycles. The molecular formula is C2H3O11P3-4. The maximum absolute atomic E-state index is 10.6. The fourth-order valence-electron chi connectivity index (χ4n) is 0.405. The molecule has 16 heavy (non-hydrogen) atoms. The van der Waals surface area contributed by atoms with Crippen molar-refractivity contribution in [1.82, 2.24) is 0 Å². The van der Waals surface area contributed by atoms with Gasteiger partial charge < -0.3 is 33.5 Å². The third-order valence-corrected chi connectivity index (χ3v) is 4.37. The van der Waals surface area contributed by atoms with E-state index in [2.05, 4.69) is 13.1 Å². The molecule has 0 N–H and O–H groups in total. The summed E-state index contributed by atoms with van der Waals surface area (Å²) in [5.41, 5.74) is 0. The molecule has 11 nitrogen and oxygen atoms in total. The Labute approximate surface area is 88.4 Å². The normalized spacial score (nSPS) is 19.8. The summed E-state index contributed by atoms with van der Waals surface area (Å²) in [6, 6.07) is 0. The van der Waals surface area contributed by atoms with Gasteiger partial charge in [0.25, 0.3) is 15.6 Å². The van der Waals surface area contributed by atoms with Crippen LogP contribution in [0.25, 0.3) is 0 Å². The monoisotopic (exact) mass is 296 g/mol. The molecule has 0 aliphatic carbocycles. The van der Waals surface area contributed by atoms with Gasteiger partial charge in [-0.1, -0.05) is 0 Å². The number of hydrogen-bond donors (Lipinski definition) is 0. The molecule has 0 amide bonds. The minimum absolute atomic E-state index is 0.0451. The predicted octanol–water partition coefficient (Wildman–Crippen LogP) is -3.00. The van der Waals surface area contributed by atoms with Gasteiger partial charge in [0.15, 0.2) is 0 Å². The maximum atomic E-state index is 10.6. The SMILES string of the molecule is O=CCOP(=O)([O-])OP(=O)([O-])OP(=O)([O-])[O-]. The van der Waals surface area contributed by atoms with E-state index in [4.69, 9.17) is 0 Å². The molecule has 2 unspecified atom stereocenters. The maximum Gasteiger partial charge on any atom is 0.278 e. The summed E-state index contributed by atoms with van der Waals surface area (Å²) in [4.78, 5) is 50.5. The molecule has 0 aromatic carbocycles. The van der Waals surface area contributed by atoms with Crippen LogP contribution in [0.3, 0.4) is 0 Å². The Bertz CT molecular complexity index is 379. The summed E-state index contributed by atoms with van der Waals surface area (Å²) in [7, 11) is -17.4. The lowest BCUT2D eigenvalue weighted by atomic mass is 10.9. The molecule has 0 spiro atoms. The number of phosphoric ester groups is 1. The largest absolute Gasteiger partial charge is 0.790 e. The standard InChI is InChI=1S/C2H7O11P3/c3-1-2-11-15(7,8)13-16(9,10)12-14(4,5)6/h1H,2H2,(H,7,8)(H,9,10)(H2,4,5,6)/p-4. The molecule has 2 atom stereocenters. The van der Waals surface area contributed by atoms with Crippen LogP contribution in [0, 0.1) is 0 Å². The topological polar surface area (TPSA) is 188 Å². The molecule has 0 fully saturated rings. The first-order valence-electron chi connectivity index (χ1n) is 3.12. The lowest BCUT2D eigenvalue weighted by Gasteiger charge is -2.37. The van der Waals surface area contributed by atoms with Gasteiger partial charge in [0.2, 0.25) is 0 Å². The van der Waals surface area contributed by atoms with Gasteiger partial charge in [0, 0.05) is 0 Å². The van der Waals surface area contributed by atoms with Crippen molar-refractivity contribution in [1.29, 1.82) is 0 Å². The molecule has 14 heteroatoms. The Morgan fingerprint density at radius 2 is 1.44 bits per heavy atom. The number of rotatable bonds is 7. The van der Waals surface area contributed by atoms with Crippen molar-refractivity contribution in [2.75, 3.05) is 6.61 Å². The molecular weight excluding hydrogens is 293 g/mol. The zero-order chi connectivity index (χ0) is 13.0. The Balaban J connectivity index is 4.58. The summed E-state index contributed by atoms with van der Waals surface area (Å²) >= 11 is 0. The molecule has 0 rings (SSSR count). The molecule has 0 bridgehead atoms. The van der Waals surface area contributed by atoms with Crippen molar-refractivity contribution in [3.8, 4) is 0 Å². The highest BCUT2D eigenvalue weighted by molar-refractivity contribution is 7.64. The average molecular weight is 296 g/mol. The van der Waals surface area contributed by atoms with Crippen LogP contribution in [-0.2, 0) is 31.6 Å². The Morgan fingerprint density at radius 1 is 0.938 bits per heavy atom. The van der Waals surface area contributed by atoms with Crippen LogP contribution in [0.1, 0.15) is 0 Å². The second kappa shape index (κ2) is 5.61. The van der Waals surface area contributed by atoms with Gasteiger partial charge in [-0.2, -0.15) is 0 Å². The molecule has 0 aromatic heterocycles.